The summed E-state index contributed by atoms with van der Waals surface area (Å²) in [7, 11) is -2.34. The normalized spacial score (nSPS) is 21.0. The van der Waals surface area contributed by atoms with E-state index in [0.29, 0.717) is 17.7 Å². The predicted octanol–water partition coefficient (Wildman–Crippen LogP) is 1.67. The number of nitrogens with two attached hydrogens (primary N) is 1. The minimum absolute atomic E-state index is 0.187. The van der Waals surface area contributed by atoms with Crippen LogP contribution in [0, 0.1) is 6.92 Å². The van der Waals surface area contributed by atoms with E-state index in [1.807, 2.05) is 6.92 Å². The van der Waals surface area contributed by atoms with Crippen molar-refractivity contribution in [3.05, 3.63) is 29.3 Å². The quantitative estimate of drug-likeness (QED) is 0.842. The topological polar surface area (TPSA) is 89.7 Å². The molecule has 128 valence electrons. The predicted molar refractivity (Wildman–Crippen MR) is 87.7 cm³/mol. The van der Waals surface area contributed by atoms with Gasteiger partial charge in [-0.15, -0.1) is 0 Å². The number of sulfonamides is 1. The zero-order chi connectivity index (χ0) is 17.2. The molecule has 0 aromatic heterocycles. The lowest BCUT2D eigenvalue weighted by Crippen LogP contribution is -2.51. The molecule has 1 heterocycles. The fraction of sp³-hybridized carbons (Fsp3) is 0.562. The lowest BCUT2D eigenvalue weighted by Gasteiger charge is -2.37. The molecule has 1 aliphatic rings. The number of methoxy groups -OCH3 is 1. The molecule has 0 radical (unpaired) electrons. The Hall–Kier alpha value is -1.44. The minimum Gasteiger partial charge on any atom is -0.465 e. The SMILES string of the molecule is COC(=O)c1ccc(S(=O)(=O)N2CCCCC2C(C)N)c(C)c1. The van der Waals surface area contributed by atoms with Crippen molar-refractivity contribution in [1.29, 1.82) is 0 Å². The molecule has 23 heavy (non-hydrogen) atoms. The van der Waals surface area contributed by atoms with Gasteiger partial charge >= 0.3 is 5.97 Å². The van der Waals surface area contributed by atoms with E-state index >= 15 is 0 Å². The smallest absolute Gasteiger partial charge is 0.337 e. The first-order chi connectivity index (χ1) is 10.8. The monoisotopic (exact) mass is 340 g/mol. The first-order valence-corrected chi connectivity index (χ1v) is 9.19. The molecule has 7 heteroatoms. The second-order valence-electron chi connectivity index (χ2n) is 6.01. The van der Waals surface area contributed by atoms with Gasteiger partial charge in [-0.3, -0.25) is 0 Å². The number of nitrogens with zero attached hydrogens (tertiary/aromatic N) is 1. The van der Waals surface area contributed by atoms with Gasteiger partial charge in [0.15, 0.2) is 0 Å². The summed E-state index contributed by atoms with van der Waals surface area (Å²) in [6.45, 7) is 4.00. The second kappa shape index (κ2) is 6.98. The average Bonchev–Trinajstić information content (AvgIpc) is 2.53. The number of esters is 1. The molecule has 1 saturated heterocycles. The summed E-state index contributed by atoms with van der Waals surface area (Å²) in [5.41, 5.74) is 6.85. The third kappa shape index (κ3) is 3.57. The fourth-order valence-corrected chi connectivity index (χ4v) is 5.05. The van der Waals surface area contributed by atoms with Crippen molar-refractivity contribution < 1.29 is 17.9 Å². The van der Waals surface area contributed by atoms with E-state index < -0.39 is 16.0 Å². The highest BCUT2D eigenvalue weighted by molar-refractivity contribution is 7.89. The van der Waals surface area contributed by atoms with Gasteiger partial charge in [-0.25, -0.2) is 13.2 Å². The molecule has 1 aromatic rings. The Morgan fingerprint density at radius 2 is 2.09 bits per heavy atom. The van der Waals surface area contributed by atoms with Gasteiger partial charge in [-0.05, 0) is 50.5 Å². The first kappa shape index (κ1) is 17.9. The number of aryl methyl sites for hydroxylation is 1. The van der Waals surface area contributed by atoms with Crippen LogP contribution in [0.3, 0.4) is 0 Å². The number of benzene rings is 1. The van der Waals surface area contributed by atoms with Crippen LogP contribution in [0.25, 0.3) is 0 Å². The van der Waals surface area contributed by atoms with Crippen molar-refractivity contribution in [3.8, 4) is 0 Å². The van der Waals surface area contributed by atoms with E-state index in [2.05, 4.69) is 4.74 Å². The van der Waals surface area contributed by atoms with E-state index in [4.69, 9.17) is 5.73 Å². The molecule has 6 nitrogen and oxygen atoms in total. The Labute approximate surface area is 137 Å². The van der Waals surface area contributed by atoms with E-state index in [9.17, 15) is 13.2 Å². The Kier molecular flexibility index (Phi) is 5.44. The molecule has 2 unspecified atom stereocenters. The van der Waals surface area contributed by atoms with Crippen LogP contribution in [0.15, 0.2) is 23.1 Å². The van der Waals surface area contributed by atoms with Crippen LogP contribution in [0.1, 0.15) is 42.1 Å². The summed E-state index contributed by atoms with van der Waals surface area (Å²) in [6, 6.07) is 4.09. The van der Waals surface area contributed by atoms with Crippen LogP contribution in [0.4, 0.5) is 0 Å². The fourth-order valence-electron chi connectivity index (χ4n) is 3.06. The number of rotatable bonds is 4. The molecule has 2 N–H and O–H groups in total. The molecule has 0 amide bonds. The number of hydrogen-bond acceptors (Lipinski definition) is 5. The lowest BCUT2D eigenvalue weighted by molar-refractivity contribution is 0.0600. The zero-order valence-electron chi connectivity index (χ0n) is 13.8. The minimum atomic E-state index is -3.63. The molecule has 1 aliphatic heterocycles. The molecule has 2 rings (SSSR count). The molecule has 0 spiro atoms. The zero-order valence-corrected chi connectivity index (χ0v) is 14.6. The standard InChI is InChI=1S/C16H24N2O4S/c1-11-10-13(16(19)22-3)7-8-15(11)23(20,21)18-9-5-4-6-14(18)12(2)17/h7-8,10,12,14H,4-6,9,17H2,1-3H3. The average molecular weight is 340 g/mol. The van der Waals surface area contributed by atoms with E-state index in [1.165, 1.54) is 23.5 Å². The highest BCUT2D eigenvalue weighted by Gasteiger charge is 2.36. The number of hydrogen-bond donors (Lipinski definition) is 1. The van der Waals surface area contributed by atoms with Crippen LogP contribution in [0.2, 0.25) is 0 Å². The highest BCUT2D eigenvalue weighted by Crippen LogP contribution is 2.28. The van der Waals surface area contributed by atoms with Gasteiger partial charge in [0.2, 0.25) is 10.0 Å². The number of ether oxygens (including phenoxy) is 1. The Morgan fingerprint density at radius 1 is 1.39 bits per heavy atom. The van der Waals surface area contributed by atoms with Crippen LogP contribution in [-0.2, 0) is 14.8 Å². The molecule has 0 saturated carbocycles. The van der Waals surface area contributed by atoms with Crippen molar-refractivity contribution in [2.24, 2.45) is 5.73 Å². The summed E-state index contributed by atoms with van der Waals surface area (Å²) in [4.78, 5) is 11.8. The van der Waals surface area contributed by atoms with Gasteiger partial charge < -0.3 is 10.5 Å². The van der Waals surface area contributed by atoms with Crippen LogP contribution < -0.4 is 5.73 Å². The van der Waals surface area contributed by atoms with Crippen LogP contribution >= 0.6 is 0 Å². The van der Waals surface area contributed by atoms with Gasteiger partial charge in [0.25, 0.3) is 0 Å². The molecule has 1 fully saturated rings. The summed E-state index contributed by atoms with van der Waals surface area (Å²) in [6.07, 6.45) is 2.59. The van der Waals surface area contributed by atoms with Gasteiger partial charge in [0.05, 0.1) is 17.6 Å². The third-order valence-electron chi connectivity index (χ3n) is 4.29. The van der Waals surface area contributed by atoms with Gasteiger partial charge in [0, 0.05) is 18.6 Å². The van der Waals surface area contributed by atoms with E-state index in [1.54, 1.807) is 13.0 Å². The van der Waals surface area contributed by atoms with Crippen molar-refractivity contribution in [2.75, 3.05) is 13.7 Å². The summed E-state index contributed by atoms with van der Waals surface area (Å²) < 4.78 is 32.2. The number of carbonyl (C=O) groups excluding carboxylic acids is 1. The van der Waals surface area contributed by atoms with Crippen molar-refractivity contribution in [1.82, 2.24) is 4.31 Å². The summed E-state index contributed by atoms with van der Waals surface area (Å²) >= 11 is 0. The lowest BCUT2D eigenvalue weighted by atomic mass is 10.00. The number of piperidine rings is 1. The van der Waals surface area contributed by atoms with E-state index in [0.717, 1.165) is 19.3 Å². The molecular formula is C16H24N2O4S. The van der Waals surface area contributed by atoms with Crippen molar-refractivity contribution in [3.63, 3.8) is 0 Å². The maximum atomic E-state index is 13.0. The second-order valence-corrected chi connectivity index (χ2v) is 7.87. The maximum absolute atomic E-state index is 13.0. The Balaban J connectivity index is 2.41. The molecule has 0 bridgehead atoms. The Morgan fingerprint density at radius 3 is 2.65 bits per heavy atom. The van der Waals surface area contributed by atoms with Crippen molar-refractivity contribution in [2.45, 2.75) is 50.1 Å². The summed E-state index contributed by atoms with van der Waals surface area (Å²) in [5, 5.41) is 0. The first-order valence-electron chi connectivity index (χ1n) is 7.75. The largest absolute Gasteiger partial charge is 0.465 e. The van der Waals surface area contributed by atoms with E-state index in [-0.39, 0.29) is 17.0 Å². The van der Waals surface area contributed by atoms with Gasteiger partial charge in [-0.2, -0.15) is 4.31 Å². The van der Waals surface area contributed by atoms with Crippen LogP contribution in [0.5, 0.6) is 0 Å². The molecule has 0 aliphatic carbocycles. The molecule has 2 atom stereocenters. The van der Waals surface area contributed by atoms with Gasteiger partial charge in [-0.1, -0.05) is 6.42 Å². The maximum Gasteiger partial charge on any atom is 0.337 e. The van der Waals surface area contributed by atoms with Gasteiger partial charge in [0.1, 0.15) is 0 Å². The summed E-state index contributed by atoms with van der Waals surface area (Å²) in [5.74, 6) is -0.483. The van der Waals surface area contributed by atoms with Crippen LogP contribution in [-0.4, -0.2) is 44.4 Å². The van der Waals surface area contributed by atoms with Crippen molar-refractivity contribution >= 4 is 16.0 Å². The highest BCUT2D eigenvalue weighted by atomic mass is 32.2. The molecular weight excluding hydrogens is 316 g/mol. The molecule has 1 aromatic carbocycles. The number of carbonyl (C=O) groups is 1. The Bertz CT molecular complexity index is 685. The third-order valence-corrected chi connectivity index (χ3v) is 6.37.